The average Bonchev–Trinajstić information content (AvgIpc) is 2.43. The molecule has 2 aromatic rings. The van der Waals surface area contributed by atoms with Crippen molar-refractivity contribution in [1.82, 2.24) is 9.97 Å². The molecule has 1 heterocycles. The molecular formula is C15H17ClN2OS. The first-order valence-corrected chi connectivity index (χ1v) is 7.56. The molecule has 0 atom stereocenters. The van der Waals surface area contributed by atoms with Crippen LogP contribution in [0.3, 0.4) is 0 Å². The lowest BCUT2D eigenvalue weighted by atomic mass is 10.2. The Bertz CT molecular complexity index is 617. The second kappa shape index (κ2) is 6.46. The van der Waals surface area contributed by atoms with Gasteiger partial charge in [0.1, 0.15) is 21.8 Å². The Morgan fingerprint density at radius 2 is 2.00 bits per heavy atom. The van der Waals surface area contributed by atoms with E-state index in [1.165, 1.54) is 0 Å². The fourth-order valence-corrected chi connectivity index (χ4v) is 2.79. The van der Waals surface area contributed by atoms with E-state index in [2.05, 4.69) is 23.8 Å². The van der Waals surface area contributed by atoms with E-state index in [0.717, 1.165) is 27.1 Å². The van der Waals surface area contributed by atoms with Gasteiger partial charge in [0.25, 0.3) is 0 Å². The Hall–Kier alpha value is -1.26. The Morgan fingerprint density at radius 1 is 1.25 bits per heavy atom. The van der Waals surface area contributed by atoms with Crippen LogP contribution < -0.4 is 4.74 Å². The molecule has 20 heavy (non-hydrogen) atoms. The van der Waals surface area contributed by atoms with E-state index in [4.69, 9.17) is 16.3 Å². The number of benzene rings is 1. The van der Waals surface area contributed by atoms with E-state index in [1.807, 2.05) is 31.2 Å². The van der Waals surface area contributed by atoms with Crippen molar-refractivity contribution in [3.63, 3.8) is 0 Å². The van der Waals surface area contributed by atoms with Gasteiger partial charge in [0, 0.05) is 16.4 Å². The van der Waals surface area contributed by atoms with E-state index in [1.54, 1.807) is 18.9 Å². The maximum Gasteiger partial charge on any atom is 0.136 e. The highest BCUT2D eigenvalue weighted by molar-refractivity contribution is 7.99. The molecule has 2 rings (SSSR count). The van der Waals surface area contributed by atoms with Crippen molar-refractivity contribution in [2.24, 2.45) is 0 Å². The molecule has 0 unspecified atom stereocenters. The monoisotopic (exact) mass is 308 g/mol. The largest absolute Gasteiger partial charge is 0.497 e. The van der Waals surface area contributed by atoms with Crippen LogP contribution in [-0.4, -0.2) is 17.1 Å². The van der Waals surface area contributed by atoms with Gasteiger partial charge in [0.2, 0.25) is 0 Å². The second-order valence-electron chi connectivity index (χ2n) is 4.74. The molecule has 0 aliphatic carbocycles. The molecule has 3 nitrogen and oxygen atoms in total. The van der Waals surface area contributed by atoms with Crippen molar-refractivity contribution in [2.45, 2.75) is 36.6 Å². The lowest BCUT2D eigenvalue weighted by molar-refractivity contribution is 0.413. The number of ether oxygens (including phenoxy) is 1. The molecule has 0 spiro atoms. The lowest BCUT2D eigenvalue weighted by Crippen LogP contribution is -2.01. The molecule has 0 aliphatic rings. The number of hydrogen-bond acceptors (Lipinski definition) is 4. The van der Waals surface area contributed by atoms with Crippen molar-refractivity contribution in [1.29, 1.82) is 0 Å². The van der Waals surface area contributed by atoms with Gasteiger partial charge in [-0.1, -0.05) is 43.3 Å². The van der Waals surface area contributed by atoms with Gasteiger partial charge < -0.3 is 4.74 Å². The van der Waals surface area contributed by atoms with Crippen molar-refractivity contribution < 1.29 is 4.74 Å². The second-order valence-corrected chi connectivity index (χ2v) is 6.16. The van der Waals surface area contributed by atoms with Crippen LogP contribution in [0.15, 0.2) is 34.2 Å². The van der Waals surface area contributed by atoms with E-state index in [9.17, 15) is 0 Å². The summed E-state index contributed by atoms with van der Waals surface area (Å²) in [7, 11) is 1.66. The van der Waals surface area contributed by atoms with Crippen LogP contribution in [0.5, 0.6) is 5.75 Å². The first-order chi connectivity index (χ1) is 9.51. The Labute approximate surface area is 128 Å². The van der Waals surface area contributed by atoms with Crippen molar-refractivity contribution >= 4 is 23.4 Å². The molecule has 0 radical (unpaired) electrons. The molecule has 0 saturated carbocycles. The van der Waals surface area contributed by atoms with E-state index >= 15 is 0 Å². The molecule has 1 aromatic carbocycles. The average molecular weight is 309 g/mol. The summed E-state index contributed by atoms with van der Waals surface area (Å²) in [5.74, 6) is 1.85. The number of aromatic nitrogens is 2. The zero-order valence-corrected chi connectivity index (χ0v) is 13.5. The standard InChI is InChI=1S/C15H17ClN2OS/c1-9(2)14-17-13(16)10(3)15(18-14)20-12-7-5-6-11(8-12)19-4/h5-9H,1-4H3. The summed E-state index contributed by atoms with van der Waals surface area (Å²) in [6.07, 6.45) is 0. The van der Waals surface area contributed by atoms with Crippen LogP contribution in [-0.2, 0) is 0 Å². The number of nitrogens with zero attached hydrogens (tertiary/aromatic N) is 2. The molecule has 106 valence electrons. The van der Waals surface area contributed by atoms with Gasteiger partial charge in [-0.2, -0.15) is 0 Å². The van der Waals surface area contributed by atoms with Gasteiger partial charge in [0.15, 0.2) is 0 Å². The number of hydrogen-bond donors (Lipinski definition) is 0. The van der Waals surface area contributed by atoms with Gasteiger partial charge in [-0.3, -0.25) is 0 Å². The molecule has 0 N–H and O–H groups in total. The fourth-order valence-electron chi connectivity index (χ4n) is 1.62. The number of halogens is 1. The lowest BCUT2D eigenvalue weighted by Gasteiger charge is -2.11. The highest BCUT2D eigenvalue weighted by Crippen LogP contribution is 2.33. The van der Waals surface area contributed by atoms with Gasteiger partial charge >= 0.3 is 0 Å². The predicted molar refractivity (Wildman–Crippen MR) is 83.0 cm³/mol. The fraction of sp³-hybridized carbons (Fsp3) is 0.333. The Balaban J connectivity index is 2.37. The number of rotatable bonds is 4. The third-order valence-corrected chi connectivity index (χ3v) is 4.28. The van der Waals surface area contributed by atoms with Crippen molar-refractivity contribution in [3.8, 4) is 5.75 Å². The molecule has 0 fully saturated rings. The highest BCUT2D eigenvalue weighted by atomic mass is 35.5. The van der Waals surface area contributed by atoms with Crippen molar-refractivity contribution in [3.05, 3.63) is 40.8 Å². The third-order valence-electron chi connectivity index (χ3n) is 2.83. The van der Waals surface area contributed by atoms with Crippen LogP contribution in [0.2, 0.25) is 5.15 Å². The zero-order valence-electron chi connectivity index (χ0n) is 12.0. The van der Waals surface area contributed by atoms with Crippen LogP contribution >= 0.6 is 23.4 Å². The summed E-state index contributed by atoms with van der Waals surface area (Å²) in [6.45, 7) is 6.05. The topological polar surface area (TPSA) is 35.0 Å². The summed E-state index contributed by atoms with van der Waals surface area (Å²) >= 11 is 7.77. The molecular weight excluding hydrogens is 292 g/mol. The maximum absolute atomic E-state index is 6.20. The molecule has 1 aromatic heterocycles. The van der Waals surface area contributed by atoms with Crippen LogP contribution in [0.1, 0.15) is 31.2 Å². The summed E-state index contributed by atoms with van der Waals surface area (Å²) in [5, 5.41) is 1.41. The predicted octanol–water partition coefficient (Wildman–Crippen LogP) is 4.72. The SMILES string of the molecule is COc1cccc(Sc2nc(C(C)C)nc(Cl)c2C)c1. The summed E-state index contributed by atoms with van der Waals surface area (Å²) in [4.78, 5) is 10.0. The van der Waals surface area contributed by atoms with Crippen LogP contribution in [0, 0.1) is 6.92 Å². The van der Waals surface area contributed by atoms with Crippen molar-refractivity contribution in [2.75, 3.05) is 7.11 Å². The van der Waals surface area contributed by atoms with E-state index in [-0.39, 0.29) is 5.92 Å². The third kappa shape index (κ3) is 3.44. The maximum atomic E-state index is 6.20. The smallest absolute Gasteiger partial charge is 0.136 e. The molecule has 0 aliphatic heterocycles. The molecule has 5 heteroatoms. The summed E-state index contributed by atoms with van der Waals surface area (Å²) in [5.41, 5.74) is 0.906. The van der Waals surface area contributed by atoms with Gasteiger partial charge in [-0.15, -0.1) is 0 Å². The van der Waals surface area contributed by atoms with E-state index < -0.39 is 0 Å². The first kappa shape index (κ1) is 15.1. The molecule has 0 bridgehead atoms. The van der Waals surface area contributed by atoms with E-state index in [0.29, 0.717) is 5.15 Å². The van der Waals surface area contributed by atoms with Crippen LogP contribution in [0.25, 0.3) is 0 Å². The highest BCUT2D eigenvalue weighted by Gasteiger charge is 2.13. The minimum absolute atomic E-state index is 0.248. The van der Waals surface area contributed by atoms with Gasteiger partial charge in [-0.25, -0.2) is 9.97 Å². The summed E-state index contributed by atoms with van der Waals surface area (Å²) in [6, 6.07) is 7.89. The molecule has 0 saturated heterocycles. The minimum atomic E-state index is 0.248. The quantitative estimate of drug-likeness (QED) is 0.765. The Morgan fingerprint density at radius 3 is 2.65 bits per heavy atom. The Kier molecular flexibility index (Phi) is 4.89. The number of methoxy groups -OCH3 is 1. The minimum Gasteiger partial charge on any atom is -0.497 e. The molecule has 0 amide bonds. The summed E-state index contributed by atoms with van der Waals surface area (Å²) < 4.78 is 5.24. The normalized spacial score (nSPS) is 10.9. The van der Waals surface area contributed by atoms with Crippen LogP contribution in [0.4, 0.5) is 0 Å². The zero-order chi connectivity index (χ0) is 14.7. The van der Waals surface area contributed by atoms with Gasteiger partial charge in [-0.05, 0) is 25.1 Å². The van der Waals surface area contributed by atoms with Gasteiger partial charge in [0.05, 0.1) is 7.11 Å². The first-order valence-electron chi connectivity index (χ1n) is 6.37.